The number of nitrogens with two attached hydrogens (primary N) is 1. The van der Waals surface area contributed by atoms with Crippen molar-refractivity contribution in [1.29, 1.82) is 0 Å². The number of ether oxygens (including phenoxy) is 1. The Kier molecular flexibility index (Phi) is 5.46. The minimum absolute atomic E-state index is 0.159. The summed E-state index contributed by atoms with van der Waals surface area (Å²) < 4.78 is 11.0. The van der Waals surface area contributed by atoms with Crippen LogP contribution in [0.2, 0.25) is 18.1 Å². The maximum atomic E-state index is 11.6. The zero-order valence-corrected chi connectivity index (χ0v) is 15.8. The quantitative estimate of drug-likeness (QED) is 0.665. The first-order valence-electron chi connectivity index (χ1n) is 7.54. The molecule has 0 heterocycles. The zero-order valence-electron chi connectivity index (χ0n) is 14.8. The van der Waals surface area contributed by atoms with E-state index in [1.165, 1.54) is 7.11 Å². The predicted octanol–water partition coefficient (Wildman–Crippen LogP) is 3.50. The van der Waals surface area contributed by atoms with E-state index < -0.39 is 19.8 Å². The molecule has 4 nitrogen and oxygen atoms in total. The second-order valence-corrected chi connectivity index (χ2v) is 12.3. The molecule has 0 aromatic heterocycles. The summed E-state index contributed by atoms with van der Waals surface area (Å²) in [5, 5.41) is 0.159. The minimum Gasteiger partial charge on any atom is -0.544 e. The molecule has 0 spiro atoms. The molecule has 0 fully saturated rings. The number of rotatable bonds is 5. The van der Waals surface area contributed by atoms with E-state index in [1.807, 2.05) is 24.3 Å². The van der Waals surface area contributed by atoms with E-state index in [1.54, 1.807) is 6.92 Å². The van der Waals surface area contributed by atoms with Gasteiger partial charge in [0, 0.05) is 6.42 Å². The van der Waals surface area contributed by atoms with Crippen molar-refractivity contribution in [3.8, 4) is 5.75 Å². The third-order valence-electron chi connectivity index (χ3n) is 4.33. The summed E-state index contributed by atoms with van der Waals surface area (Å²) in [6.45, 7) is 12.8. The molecule has 0 radical (unpaired) electrons. The summed E-state index contributed by atoms with van der Waals surface area (Å²) in [4.78, 5) is 11.6. The van der Waals surface area contributed by atoms with Gasteiger partial charge in [0.25, 0.3) is 0 Å². The molecule has 0 aliphatic heterocycles. The number of carbonyl (C=O) groups excluding carboxylic acids is 1. The van der Waals surface area contributed by atoms with Crippen molar-refractivity contribution in [1.82, 2.24) is 0 Å². The lowest BCUT2D eigenvalue weighted by atomic mass is 9.94. The van der Waals surface area contributed by atoms with Crippen LogP contribution < -0.4 is 10.2 Å². The lowest BCUT2D eigenvalue weighted by Gasteiger charge is -2.36. The first-order valence-corrected chi connectivity index (χ1v) is 10.5. The first kappa shape index (κ1) is 18.7. The molecule has 0 aliphatic carbocycles. The van der Waals surface area contributed by atoms with E-state index in [2.05, 4.69) is 33.9 Å². The molecule has 1 atom stereocenters. The normalized spacial score (nSPS) is 15.1. The van der Waals surface area contributed by atoms with Crippen LogP contribution in [0.15, 0.2) is 24.3 Å². The van der Waals surface area contributed by atoms with Gasteiger partial charge in [-0.3, -0.25) is 4.79 Å². The predicted molar refractivity (Wildman–Crippen MR) is 92.6 cm³/mol. The molecule has 0 unspecified atom stereocenters. The average molecular weight is 324 g/mol. The standard InChI is InChI=1S/C17H29NO3Si/c1-16(2,3)22(6,7)21-14-10-8-13(9-11-14)12-17(4,18)15(19)20-5/h8-11H,12,18H2,1-7H3/t17-/m0/s1. The van der Waals surface area contributed by atoms with Crippen LogP contribution in [-0.4, -0.2) is 26.9 Å². The summed E-state index contributed by atoms with van der Waals surface area (Å²) in [6, 6.07) is 7.80. The van der Waals surface area contributed by atoms with E-state index in [0.717, 1.165) is 11.3 Å². The van der Waals surface area contributed by atoms with Gasteiger partial charge < -0.3 is 14.9 Å². The molecule has 1 rings (SSSR count). The molecule has 1 aromatic carbocycles. The highest BCUT2D eigenvalue weighted by molar-refractivity contribution is 6.74. The molecule has 0 bridgehead atoms. The lowest BCUT2D eigenvalue weighted by molar-refractivity contribution is -0.146. The fraction of sp³-hybridized carbons (Fsp3) is 0.588. The number of benzene rings is 1. The van der Waals surface area contributed by atoms with Crippen LogP contribution in [0.1, 0.15) is 33.3 Å². The van der Waals surface area contributed by atoms with E-state index in [9.17, 15) is 4.79 Å². The second-order valence-electron chi connectivity index (χ2n) is 7.59. The molecule has 124 valence electrons. The van der Waals surface area contributed by atoms with Crippen molar-refractivity contribution in [2.75, 3.05) is 7.11 Å². The van der Waals surface area contributed by atoms with Crippen molar-refractivity contribution in [3.05, 3.63) is 29.8 Å². The van der Waals surface area contributed by atoms with Crippen molar-refractivity contribution >= 4 is 14.3 Å². The summed E-state index contributed by atoms with van der Waals surface area (Å²) in [7, 11) is -0.482. The van der Waals surface area contributed by atoms with Crippen LogP contribution in [-0.2, 0) is 16.0 Å². The van der Waals surface area contributed by atoms with Gasteiger partial charge in [-0.25, -0.2) is 0 Å². The number of hydrogen-bond acceptors (Lipinski definition) is 4. The highest BCUT2D eigenvalue weighted by Gasteiger charge is 2.39. The topological polar surface area (TPSA) is 61.5 Å². The van der Waals surface area contributed by atoms with Gasteiger partial charge in [0.15, 0.2) is 0 Å². The van der Waals surface area contributed by atoms with E-state index in [4.69, 9.17) is 14.9 Å². The molecule has 0 saturated carbocycles. The zero-order chi connectivity index (χ0) is 17.2. The van der Waals surface area contributed by atoms with Crippen LogP contribution in [0.4, 0.5) is 0 Å². The Morgan fingerprint density at radius 1 is 1.14 bits per heavy atom. The SMILES string of the molecule is COC(=O)[C@@](C)(N)Cc1ccc(O[Si](C)(C)C(C)(C)C)cc1. The molecular formula is C17H29NO3Si. The van der Waals surface area contributed by atoms with Gasteiger partial charge in [-0.15, -0.1) is 0 Å². The summed E-state index contributed by atoms with van der Waals surface area (Å²) in [5.41, 5.74) is 5.97. The lowest BCUT2D eigenvalue weighted by Crippen LogP contribution is -2.47. The largest absolute Gasteiger partial charge is 0.544 e. The monoisotopic (exact) mass is 323 g/mol. The maximum absolute atomic E-state index is 11.6. The van der Waals surface area contributed by atoms with Crippen LogP contribution in [0, 0.1) is 0 Å². The van der Waals surface area contributed by atoms with Crippen LogP contribution >= 0.6 is 0 Å². The fourth-order valence-corrected chi connectivity index (χ4v) is 2.88. The number of methoxy groups -OCH3 is 1. The van der Waals surface area contributed by atoms with Gasteiger partial charge in [-0.1, -0.05) is 32.9 Å². The molecule has 2 N–H and O–H groups in total. The first-order chi connectivity index (χ1) is 9.89. The van der Waals surface area contributed by atoms with Gasteiger partial charge in [-0.05, 0) is 42.8 Å². The van der Waals surface area contributed by atoms with E-state index in [0.29, 0.717) is 6.42 Å². The summed E-state index contributed by atoms with van der Waals surface area (Å²) in [6.07, 6.45) is 0.431. The van der Waals surface area contributed by atoms with E-state index >= 15 is 0 Å². The summed E-state index contributed by atoms with van der Waals surface area (Å²) in [5.74, 6) is 0.459. The molecular weight excluding hydrogens is 294 g/mol. The smallest absolute Gasteiger partial charge is 0.325 e. The highest BCUT2D eigenvalue weighted by atomic mass is 28.4. The van der Waals surface area contributed by atoms with Gasteiger partial charge >= 0.3 is 5.97 Å². The van der Waals surface area contributed by atoms with Crippen molar-refractivity contribution < 1.29 is 14.0 Å². The number of carbonyl (C=O) groups is 1. The fourth-order valence-electron chi connectivity index (χ4n) is 1.85. The van der Waals surface area contributed by atoms with Crippen molar-refractivity contribution in [2.45, 2.75) is 57.8 Å². The van der Waals surface area contributed by atoms with Gasteiger partial charge in [0.05, 0.1) is 7.11 Å². The van der Waals surface area contributed by atoms with Gasteiger partial charge in [0.1, 0.15) is 11.3 Å². The number of esters is 1. The van der Waals surface area contributed by atoms with E-state index in [-0.39, 0.29) is 5.04 Å². The molecule has 5 heteroatoms. The van der Waals surface area contributed by atoms with Gasteiger partial charge in [-0.2, -0.15) is 0 Å². The Morgan fingerprint density at radius 3 is 2.05 bits per heavy atom. The molecule has 1 aromatic rings. The average Bonchev–Trinajstić information content (AvgIpc) is 2.38. The maximum Gasteiger partial charge on any atom is 0.325 e. The third-order valence-corrected chi connectivity index (χ3v) is 8.68. The third kappa shape index (κ3) is 4.58. The Labute approximate surface area is 135 Å². The highest BCUT2D eigenvalue weighted by Crippen LogP contribution is 2.37. The van der Waals surface area contributed by atoms with Crippen molar-refractivity contribution in [2.24, 2.45) is 5.73 Å². The molecule has 22 heavy (non-hydrogen) atoms. The Bertz CT molecular complexity index is 516. The molecule has 0 amide bonds. The molecule has 0 saturated heterocycles. The number of hydrogen-bond donors (Lipinski definition) is 1. The van der Waals surface area contributed by atoms with Crippen molar-refractivity contribution in [3.63, 3.8) is 0 Å². The minimum atomic E-state index is -1.83. The Balaban J connectivity index is 2.82. The van der Waals surface area contributed by atoms with Crippen LogP contribution in [0.25, 0.3) is 0 Å². The Morgan fingerprint density at radius 2 is 1.64 bits per heavy atom. The molecule has 0 aliphatic rings. The summed E-state index contributed by atoms with van der Waals surface area (Å²) >= 11 is 0. The Hall–Kier alpha value is -1.33. The van der Waals surface area contributed by atoms with Crippen LogP contribution in [0.3, 0.4) is 0 Å². The van der Waals surface area contributed by atoms with Crippen LogP contribution in [0.5, 0.6) is 5.75 Å². The van der Waals surface area contributed by atoms with Gasteiger partial charge in [0.2, 0.25) is 8.32 Å². The second kappa shape index (κ2) is 6.42.